The van der Waals surface area contributed by atoms with Gasteiger partial charge in [-0.3, -0.25) is 9.78 Å². The lowest BCUT2D eigenvalue weighted by Gasteiger charge is -2.35. The zero-order valence-electron chi connectivity index (χ0n) is 35.6. The van der Waals surface area contributed by atoms with Crippen LogP contribution in [-0.2, 0) is 19.2 Å². The summed E-state index contributed by atoms with van der Waals surface area (Å²) in [7, 11) is 0. The van der Waals surface area contributed by atoms with Gasteiger partial charge in [0.25, 0.3) is 0 Å². The molecular weight excluding hydrogens is 821 g/mol. The van der Waals surface area contributed by atoms with Crippen molar-refractivity contribution < 1.29 is 34.5 Å². The maximum absolute atomic E-state index is 11.6. The fraction of sp³-hybridized carbons (Fsp3) is 0.250. The molecule has 5 aromatic rings. The van der Waals surface area contributed by atoms with Crippen molar-refractivity contribution in [1.29, 1.82) is 0 Å². The van der Waals surface area contributed by atoms with Crippen LogP contribution in [0.2, 0.25) is 0 Å². The lowest BCUT2D eigenvalue weighted by molar-refractivity contribution is -0.140. The molecule has 6 aliphatic rings. The molecular formula is C52H50N6O7. The van der Waals surface area contributed by atoms with Crippen molar-refractivity contribution in [3.8, 4) is 11.1 Å². The van der Waals surface area contributed by atoms with Crippen LogP contribution >= 0.6 is 0 Å². The van der Waals surface area contributed by atoms with Crippen LogP contribution < -0.4 is 26.6 Å². The molecule has 9 unspecified atom stereocenters. The molecule has 0 saturated carbocycles. The second-order valence-corrected chi connectivity index (χ2v) is 17.3. The molecule has 13 nitrogen and oxygen atoms in total. The molecule has 8 N–H and O–H groups in total. The number of carbonyl (C=O) groups is 4. The van der Waals surface area contributed by atoms with Crippen molar-refractivity contribution in [2.75, 3.05) is 26.6 Å². The Kier molecular flexibility index (Phi) is 11.9. The van der Waals surface area contributed by atoms with E-state index in [0.717, 1.165) is 64.4 Å². The fourth-order valence-corrected chi connectivity index (χ4v) is 10.3. The zero-order valence-corrected chi connectivity index (χ0v) is 35.6. The SMILES string of the molecule is CC(=O)Nc1ccc2c(c1)NC(C(=O)O)C1CC=CC21.O=C(O)C1Nc2cc(-c3cccnc3)ccc2C2C=CCC12.O=C(O)C1Nc2ccc(Nc3ccccc3)cc2C2C=CCC12. The number of fused-ring (bicyclic) bond motifs is 9. The molecule has 1 amide bonds. The van der Waals surface area contributed by atoms with Crippen LogP contribution in [0.25, 0.3) is 11.1 Å². The number of carboxylic acid groups (broad SMARTS) is 3. The Morgan fingerprint density at radius 2 is 1.08 bits per heavy atom. The van der Waals surface area contributed by atoms with Crippen LogP contribution in [0.3, 0.4) is 0 Å². The maximum atomic E-state index is 11.6. The van der Waals surface area contributed by atoms with Gasteiger partial charge >= 0.3 is 17.9 Å². The van der Waals surface area contributed by atoms with Crippen molar-refractivity contribution in [2.45, 2.75) is 62.1 Å². The summed E-state index contributed by atoms with van der Waals surface area (Å²) in [5.41, 5.74) is 10.9. The first-order valence-corrected chi connectivity index (χ1v) is 21.9. The smallest absolute Gasteiger partial charge is 0.326 e. The van der Waals surface area contributed by atoms with Crippen molar-refractivity contribution in [3.63, 3.8) is 0 Å². The molecule has 0 radical (unpaired) electrons. The number of para-hydroxylation sites is 1. The molecule has 330 valence electrons. The third-order valence-electron chi connectivity index (χ3n) is 13.3. The highest BCUT2D eigenvalue weighted by Crippen LogP contribution is 2.48. The van der Waals surface area contributed by atoms with Gasteiger partial charge in [0.15, 0.2) is 0 Å². The fourth-order valence-electron chi connectivity index (χ4n) is 10.3. The Balaban J connectivity index is 0.000000123. The van der Waals surface area contributed by atoms with E-state index in [-0.39, 0.29) is 41.4 Å². The van der Waals surface area contributed by atoms with Crippen LogP contribution in [0, 0.1) is 17.8 Å². The molecule has 0 bridgehead atoms. The first-order chi connectivity index (χ1) is 31.5. The number of nitrogens with zero attached hydrogens (tertiary/aromatic N) is 1. The number of aliphatic carboxylic acids is 3. The average molecular weight is 871 g/mol. The second-order valence-electron chi connectivity index (χ2n) is 17.3. The summed E-state index contributed by atoms with van der Waals surface area (Å²) < 4.78 is 0. The number of allylic oxidation sites excluding steroid dienone is 6. The van der Waals surface area contributed by atoms with Crippen LogP contribution in [-0.4, -0.2) is 62.2 Å². The van der Waals surface area contributed by atoms with Gasteiger partial charge in [-0.05, 0) is 96.1 Å². The molecule has 11 rings (SSSR count). The third-order valence-corrected chi connectivity index (χ3v) is 13.3. The van der Waals surface area contributed by atoms with E-state index >= 15 is 0 Å². The van der Waals surface area contributed by atoms with Crippen LogP contribution in [0.5, 0.6) is 0 Å². The number of anilines is 6. The summed E-state index contributed by atoms with van der Waals surface area (Å²) in [6.07, 6.45) is 18.6. The molecule has 4 aromatic carbocycles. The van der Waals surface area contributed by atoms with E-state index in [0.29, 0.717) is 5.69 Å². The number of benzene rings is 4. The number of carboxylic acids is 3. The number of nitrogens with one attached hydrogen (secondary N) is 5. The summed E-state index contributed by atoms with van der Waals surface area (Å²) in [6, 6.07) is 30.2. The number of rotatable bonds is 7. The largest absolute Gasteiger partial charge is 0.480 e. The number of amides is 1. The Bertz CT molecular complexity index is 2720. The first kappa shape index (κ1) is 42.6. The normalized spacial score (nSPS) is 25.3. The van der Waals surface area contributed by atoms with Gasteiger partial charge in [-0.2, -0.15) is 0 Å². The van der Waals surface area contributed by atoms with Crippen LogP contribution in [0.15, 0.2) is 146 Å². The quantitative estimate of drug-likeness (QED) is 0.0722. The highest BCUT2D eigenvalue weighted by atomic mass is 16.4. The van der Waals surface area contributed by atoms with E-state index in [4.69, 9.17) is 0 Å². The van der Waals surface area contributed by atoms with Gasteiger partial charge in [0.1, 0.15) is 18.1 Å². The standard InChI is InChI=1S/C19H18N2O2.C18H16N2O2.C15H16N2O3/c22-19(23)18-15-8-4-7-14(15)16-11-13(9-10-17(16)21-18)20-12-5-2-1-3-6-12;21-18(22)17-15-5-1-4-13(15)14-7-6-11(9-16(14)20-17)12-3-2-8-19-10-12;1-8(18)16-9-5-6-11-10-3-2-4-12(10)14(15(19)20)17-13(11)7-9/h1-7,9-11,14-15,18,20-21H,8H2,(H,22,23);1-4,6-10,13,15,17,20H,5H2,(H,21,22);2-3,5-7,10,12,14,17H,4H2,1H3,(H,16,18)(H,19,20). The Morgan fingerprint density at radius 3 is 1.63 bits per heavy atom. The summed E-state index contributed by atoms with van der Waals surface area (Å²) >= 11 is 0. The van der Waals surface area contributed by atoms with E-state index in [1.54, 1.807) is 12.3 Å². The minimum absolute atomic E-state index is 0.0617. The van der Waals surface area contributed by atoms with E-state index in [2.05, 4.69) is 80.1 Å². The lowest BCUT2D eigenvalue weighted by Crippen LogP contribution is -2.41. The molecule has 3 aliphatic heterocycles. The molecule has 0 fully saturated rings. The lowest BCUT2D eigenvalue weighted by atomic mass is 9.79. The minimum Gasteiger partial charge on any atom is -0.480 e. The van der Waals surface area contributed by atoms with E-state index in [1.165, 1.54) is 18.1 Å². The molecule has 0 spiro atoms. The molecule has 65 heavy (non-hydrogen) atoms. The predicted molar refractivity (Wildman–Crippen MR) is 252 cm³/mol. The minimum atomic E-state index is -0.834. The Hall–Kier alpha value is -7.67. The van der Waals surface area contributed by atoms with Gasteiger partial charge in [0.05, 0.1) is 0 Å². The molecule has 9 atom stereocenters. The Labute approximate surface area is 376 Å². The zero-order chi connectivity index (χ0) is 45.2. The van der Waals surface area contributed by atoms with Crippen molar-refractivity contribution >= 4 is 57.9 Å². The van der Waals surface area contributed by atoms with Gasteiger partial charge < -0.3 is 41.9 Å². The van der Waals surface area contributed by atoms with Gasteiger partial charge in [-0.1, -0.05) is 78.9 Å². The molecule has 3 aliphatic carbocycles. The van der Waals surface area contributed by atoms with Crippen molar-refractivity contribution in [1.82, 2.24) is 4.98 Å². The van der Waals surface area contributed by atoms with Gasteiger partial charge in [-0.25, -0.2) is 14.4 Å². The van der Waals surface area contributed by atoms with Gasteiger partial charge in [0, 0.05) is 94.5 Å². The number of aromatic nitrogens is 1. The van der Waals surface area contributed by atoms with Crippen molar-refractivity contribution in [2.24, 2.45) is 17.8 Å². The maximum Gasteiger partial charge on any atom is 0.326 e. The predicted octanol–water partition coefficient (Wildman–Crippen LogP) is 9.44. The summed E-state index contributed by atoms with van der Waals surface area (Å²) in [5, 5.41) is 43.9. The van der Waals surface area contributed by atoms with E-state index in [1.807, 2.05) is 85.1 Å². The number of hydrogen-bond donors (Lipinski definition) is 8. The summed E-state index contributed by atoms with van der Waals surface area (Å²) in [5.74, 6) is -1.78. The number of carbonyl (C=O) groups excluding carboxylic acids is 1. The van der Waals surface area contributed by atoms with Crippen molar-refractivity contribution in [3.05, 3.63) is 163 Å². The van der Waals surface area contributed by atoms with Gasteiger partial charge in [-0.15, -0.1) is 0 Å². The third kappa shape index (κ3) is 8.82. The topological polar surface area (TPSA) is 202 Å². The van der Waals surface area contributed by atoms with E-state index < -0.39 is 36.0 Å². The van der Waals surface area contributed by atoms with Crippen LogP contribution in [0.1, 0.15) is 60.6 Å². The van der Waals surface area contributed by atoms with Crippen LogP contribution in [0.4, 0.5) is 34.1 Å². The van der Waals surface area contributed by atoms with Gasteiger partial charge in [0.2, 0.25) is 5.91 Å². The molecule has 13 heteroatoms. The first-order valence-electron chi connectivity index (χ1n) is 21.9. The van der Waals surface area contributed by atoms with E-state index in [9.17, 15) is 34.5 Å². The highest BCUT2D eigenvalue weighted by Gasteiger charge is 2.43. The molecule has 1 aromatic heterocycles. The number of pyridine rings is 1. The number of hydrogen-bond acceptors (Lipinski definition) is 9. The summed E-state index contributed by atoms with van der Waals surface area (Å²) in [6.45, 7) is 1.45. The average Bonchev–Trinajstić information content (AvgIpc) is 4.12. The molecule has 0 saturated heterocycles. The highest BCUT2D eigenvalue weighted by molar-refractivity contribution is 5.90. The molecule has 4 heterocycles. The Morgan fingerprint density at radius 1 is 0.538 bits per heavy atom. The summed E-state index contributed by atoms with van der Waals surface area (Å²) in [4.78, 5) is 49.7. The second kappa shape index (κ2) is 18.2. The monoisotopic (exact) mass is 870 g/mol.